The fourth-order valence-electron chi connectivity index (χ4n) is 1.81. The fourth-order valence-corrected chi connectivity index (χ4v) is 1.81. The van der Waals surface area contributed by atoms with Gasteiger partial charge in [0.1, 0.15) is 17.3 Å². The number of hydrogen-bond donors (Lipinski definition) is 0. The van der Waals surface area contributed by atoms with Crippen molar-refractivity contribution in [3.8, 4) is 17.3 Å². The largest absolute Gasteiger partial charge is 0.264 e. The molecule has 3 aromatic rings. The molecule has 0 aliphatic heterocycles. The third kappa shape index (κ3) is 1.45. The summed E-state index contributed by atoms with van der Waals surface area (Å²) in [5.41, 5.74) is 2.92. The Hall–Kier alpha value is -2.67. The van der Waals surface area contributed by atoms with Gasteiger partial charge >= 0.3 is 0 Å². The number of nitrogens with zero attached hydrogens (tertiary/aromatic N) is 4. The monoisotopic (exact) mass is 220 g/mol. The average Bonchev–Trinajstić information content (AvgIpc) is 2.78. The van der Waals surface area contributed by atoms with Crippen molar-refractivity contribution in [1.29, 1.82) is 5.26 Å². The van der Waals surface area contributed by atoms with Crippen molar-refractivity contribution in [3.05, 3.63) is 54.5 Å². The number of hydrogen-bond acceptors (Lipinski definition) is 3. The van der Waals surface area contributed by atoms with E-state index in [1.807, 2.05) is 36.5 Å². The van der Waals surface area contributed by atoms with Gasteiger partial charge in [-0.25, -0.2) is 4.52 Å². The zero-order valence-electron chi connectivity index (χ0n) is 8.91. The predicted octanol–water partition coefficient (Wildman–Crippen LogP) is 2.27. The minimum absolute atomic E-state index is 0.582. The van der Waals surface area contributed by atoms with Gasteiger partial charge in [-0.3, -0.25) is 4.98 Å². The highest BCUT2D eigenvalue weighted by Crippen LogP contribution is 2.24. The van der Waals surface area contributed by atoms with E-state index in [2.05, 4.69) is 16.2 Å². The second-order valence-electron chi connectivity index (χ2n) is 3.61. The lowest BCUT2D eigenvalue weighted by molar-refractivity contribution is 0.965. The Morgan fingerprint density at radius 3 is 2.88 bits per heavy atom. The maximum atomic E-state index is 9.24. The lowest BCUT2D eigenvalue weighted by Gasteiger charge is -1.94. The zero-order valence-corrected chi connectivity index (χ0v) is 8.91. The average molecular weight is 220 g/mol. The van der Waals surface area contributed by atoms with E-state index in [-0.39, 0.29) is 0 Å². The van der Waals surface area contributed by atoms with Crippen LogP contribution in [0, 0.1) is 11.3 Å². The van der Waals surface area contributed by atoms with Crippen LogP contribution in [-0.2, 0) is 0 Å². The summed E-state index contributed by atoms with van der Waals surface area (Å²) in [6.07, 6.45) is 5.24. The van der Waals surface area contributed by atoms with Crippen molar-refractivity contribution >= 4 is 5.52 Å². The Morgan fingerprint density at radius 1 is 1.18 bits per heavy atom. The fraction of sp³-hybridized carbons (Fsp3) is 0. The van der Waals surface area contributed by atoms with Gasteiger partial charge in [-0.05, 0) is 24.3 Å². The molecule has 0 radical (unpaired) electrons. The molecule has 0 unspecified atom stereocenters. The van der Waals surface area contributed by atoms with Crippen molar-refractivity contribution < 1.29 is 0 Å². The Balaban J connectivity index is 2.35. The van der Waals surface area contributed by atoms with Crippen LogP contribution in [0.3, 0.4) is 0 Å². The third-order valence-corrected chi connectivity index (χ3v) is 2.59. The Bertz CT molecular complexity index is 707. The lowest BCUT2D eigenvalue weighted by Crippen LogP contribution is -1.85. The quantitative estimate of drug-likeness (QED) is 0.632. The predicted molar refractivity (Wildman–Crippen MR) is 63.1 cm³/mol. The first kappa shape index (κ1) is 9.55. The van der Waals surface area contributed by atoms with E-state index in [1.54, 1.807) is 16.9 Å². The number of rotatable bonds is 1. The maximum absolute atomic E-state index is 9.24. The number of nitriles is 1. The van der Waals surface area contributed by atoms with E-state index < -0.39 is 0 Å². The molecule has 17 heavy (non-hydrogen) atoms. The van der Waals surface area contributed by atoms with Crippen molar-refractivity contribution in [2.24, 2.45) is 0 Å². The summed E-state index contributed by atoms with van der Waals surface area (Å²) in [6, 6.07) is 11.6. The first-order chi connectivity index (χ1) is 8.40. The summed E-state index contributed by atoms with van der Waals surface area (Å²) in [7, 11) is 0. The number of fused-ring (bicyclic) bond motifs is 1. The van der Waals surface area contributed by atoms with E-state index in [0.717, 1.165) is 11.1 Å². The van der Waals surface area contributed by atoms with Crippen molar-refractivity contribution in [2.45, 2.75) is 0 Å². The van der Waals surface area contributed by atoms with Crippen LogP contribution >= 0.6 is 0 Å². The molecular weight excluding hydrogens is 212 g/mol. The second-order valence-corrected chi connectivity index (χ2v) is 3.61. The van der Waals surface area contributed by atoms with Crippen LogP contribution in [0.25, 0.3) is 16.8 Å². The summed E-state index contributed by atoms with van der Waals surface area (Å²) in [4.78, 5) is 4.05. The molecule has 0 fully saturated rings. The molecule has 0 atom stereocenters. The molecule has 3 aromatic heterocycles. The molecule has 3 rings (SSSR count). The smallest absolute Gasteiger partial charge is 0.113 e. The Kier molecular flexibility index (Phi) is 2.09. The highest BCUT2D eigenvalue weighted by molar-refractivity contribution is 5.76. The van der Waals surface area contributed by atoms with E-state index in [4.69, 9.17) is 0 Å². The first-order valence-electron chi connectivity index (χ1n) is 5.18. The second kappa shape index (κ2) is 3.72. The molecule has 3 heterocycles. The Morgan fingerprint density at radius 2 is 2.12 bits per heavy atom. The van der Waals surface area contributed by atoms with E-state index in [0.29, 0.717) is 11.3 Å². The van der Waals surface area contributed by atoms with Crippen LogP contribution in [0.2, 0.25) is 0 Å². The van der Waals surface area contributed by atoms with Gasteiger partial charge < -0.3 is 0 Å². The highest BCUT2D eigenvalue weighted by atomic mass is 15.2. The van der Waals surface area contributed by atoms with Crippen LogP contribution in [-0.4, -0.2) is 14.6 Å². The van der Waals surface area contributed by atoms with Crippen molar-refractivity contribution in [3.63, 3.8) is 0 Å². The lowest BCUT2D eigenvalue weighted by atomic mass is 10.1. The Labute approximate surface area is 97.8 Å². The number of pyridine rings is 2. The maximum Gasteiger partial charge on any atom is 0.113 e. The van der Waals surface area contributed by atoms with Gasteiger partial charge in [-0.2, -0.15) is 10.4 Å². The van der Waals surface area contributed by atoms with Crippen LogP contribution in [0.4, 0.5) is 0 Å². The molecule has 0 bridgehead atoms. The zero-order chi connectivity index (χ0) is 11.7. The van der Waals surface area contributed by atoms with Gasteiger partial charge in [-0.15, -0.1) is 0 Å². The van der Waals surface area contributed by atoms with Gasteiger partial charge in [0, 0.05) is 24.2 Å². The standard InChI is InChI=1S/C13H8N4/c14-8-11-12-5-1-2-7-17(12)16-13(11)10-4-3-6-15-9-10/h1-7,9H. The molecule has 80 valence electrons. The molecular formula is C13H8N4. The van der Waals surface area contributed by atoms with Gasteiger partial charge in [0.15, 0.2) is 0 Å². The summed E-state index contributed by atoms with van der Waals surface area (Å²) >= 11 is 0. The minimum Gasteiger partial charge on any atom is -0.264 e. The van der Waals surface area contributed by atoms with E-state index in [1.165, 1.54) is 0 Å². The molecule has 0 aliphatic rings. The van der Waals surface area contributed by atoms with E-state index >= 15 is 0 Å². The SMILES string of the molecule is N#Cc1c(-c2cccnc2)nn2ccccc12. The van der Waals surface area contributed by atoms with Gasteiger partial charge in [-0.1, -0.05) is 6.07 Å². The van der Waals surface area contributed by atoms with E-state index in [9.17, 15) is 5.26 Å². The summed E-state index contributed by atoms with van der Waals surface area (Å²) in [6.45, 7) is 0. The molecule has 0 aliphatic carbocycles. The number of aromatic nitrogens is 3. The first-order valence-corrected chi connectivity index (χ1v) is 5.18. The van der Waals surface area contributed by atoms with Crippen LogP contribution in [0.1, 0.15) is 5.56 Å². The highest BCUT2D eigenvalue weighted by Gasteiger charge is 2.13. The molecule has 0 N–H and O–H groups in total. The van der Waals surface area contributed by atoms with Gasteiger partial charge in [0.05, 0.1) is 5.52 Å². The summed E-state index contributed by atoms with van der Waals surface area (Å²) in [5, 5.41) is 13.7. The topological polar surface area (TPSA) is 54.0 Å². The van der Waals surface area contributed by atoms with Crippen LogP contribution < -0.4 is 0 Å². The molecule has 4 nitrogen and oxygen atoms in total. The van der Waals surface area contributed by atoms with Gasteiger partial charge in [0.2, 0.25) is 0 Å². The third-order valence-electron chi connectivity index (χ3n) is 2.59. The summed E-state index contributed by atoms with van der Waals surface area (Å²) < 4.78 is 1.71. The molecule has 0 saturated carbocycles. The summed E-state index contributed by atoms with van der Waals surface area (Å²) in [5.74, 6) is 0. The van der Waals surface area contributed by atoms with Crippen molar-refractivity contribution in [1.82, 2.24) is 14.6 Å². The van der Waals surface area contributed by atoms with Crippen LogP contribution in [0.15, 0.2) is 48.9 Å². The molecule has 0 aromatic carbocycles. The van der Waals surface area contributed by atoms with Crippen molar-refractivity contribution in [2.75, 3.05) is 0 Å². The normalized spacial score (nSPS) is 10.3. The van der Waals surface area contributed by atoms with Crippen LogP contribution in [0.5, 0.6) is 0 Å². The minimum atomic E-state index is 0.582. The molecule has 0 amide bonds. The van der Waals surface area contributed by atoms with Gasteiger partial charge in [0.25, 0.3) is 0 Å². The molecule has 0 spiro atoms. The molecule has 0 saturated heterocycles. The molecule has 4 heteroatoms.